The zero-order chi connectivity index (χ0) is 13.8. The van der Waals surface area contributed by atoms with Gasteiger partial charge in [-0.1, -0.05) is 36.4 Å². The summed E-state index contributed by atoms with van der Waals surface area (Å²) in [5, 5.41) is 3.51. The van der Waals surface area contributed by atoms with Crippen molar-refractivity contribution >= 4 is 5.82 Å². The third kappa shape index (κ3) is 3.58. The highest BCUT2D eigenvalue weighted by Gasteiger charge is 2.19. The van der Waals surface area contributed by atoms with Crippen molar-refractivity contribution in [3.05, 3.63) is 59.8 Å². The second-order valence-electron chi connectivity index (χ2n) is 5.52. The molecular weight excluding hydrogens is 246 g/mol. The third-order valence-electron chi connectivity index (χ3n) is 3.64. The Balaban J connectivity index is 1.58. The SMILES string of the molecule is CN(Cc1ccccc1)c1ccc(CNC2CC2)cn1. The summed E-state index contributed by atoms with van der Waals surface area (Å²) < 4.78 is 0. The van der Waals surface area contributed by atoms with Crippen LogP contribution in [-0.2, 0) is 13.1 Å². The van der Waals surface area contributed by atoms with Gasteiger partial charge in [-0.3, -0.25) is 0 Å². The number of benzene rings is 1. The van der Waals surface area contributed by atoms with Gasteiger partial charge in [-0.2, -0.15) is 0 Å². The second kappa shape index (κ2) is 6.06. The first-order chi connectivity index (χ1) is 9.81. The zero-order valence-electron chi connectivity index (χ0n) is 11.9. The van der Waals surface area contributed by atoms with Crippen LogP contribution in [0.1, 0.15) is 24.0 Å². The lowest BCUT2D eigenvalue weighted by Gasteiger charge is -2.18. The molecule has 1 aromatic heterocycles. The Labute approximate surface area is 120 Å². The van der Waals surface area contributed by atoms with E-state index in [1.165, 1.54) is 24.0 Å². The number of nitrogens with zero attached hydrogens (tertiary/aromatic N) is 2. The lowest BCUT2D eigenvalue weighted by atomic mass is 10.2. The summed E-state index contributed by atoms with van der Waals surface area (Å²) in [5.41, 5.74) is 2.56. The van der Waals surface area contributed by atoms with Crippen molar-refractivity contribution in [3.8, 4) is 0 Å². The Hall–Kier alpha value is -1.87. The molecule has 1 heterocycles. The molecule has 3 rings (SSSR count). The summed E-state index contributed by atoms with van der Waals surface area (Å²) >= 11 is 0. The molecule has 0 bridgehead atoms. The van der Waals surface area contributed by atoms with Crippen LogP contribution in [0.2, 0.25) is 0 Å². The van der Waals surface area contributed by atoms with E-state index < -0.39 is 0 Å². The van der Waals surface area contributed by atoms with Gasteiger partial charge in [0.2, 0.25) is 0 Å². The Bertz CT molecular complexity index is 532. The molecule has 104 valence electrons. The first kappa shape index (κ1) is 13.1. The average molecular weight is 267 g/mol. The van der Waals surface area contributed by atoms with E-state index >= 15 is 0 Å². The van der Waals surface area contributed by atoms with E-state index in [9.17, 15) is 0 Å². The molecule has 1 N–H and O–H groups in total. The van der Waals surface area contributed by atoms with Gasteiger partial charge in [0.05, 0.1) is 0 Å². The van der Waals surface area contributed by atoms with E-state index in [0.29, 0.717) is 0 Å². The number of aromatic nitrogens is 1. The van der Waals surface area contributed by atoms with Crippen LogP contribution in [-0.4, -0.2) is 18.1 Å². The van der Waals surface area contributed by atoms with E-state index in [0.717, 1.165) is 24.9 Å². The van der Waals surface area contributed by atoms with E-state index in [1.807, 2.05) is 12.3 Å². The monoisotopic (exact) mass is 267 g/mol. The minimum absolute atomic E-state index is 0.746. The fraction of sp³-hybridized carbons (Fsp3) is 0.353. The van der Waals surface area contributed by atoms with Gasteiger partial charge in [0.25, 0.3) is 0 Å². The van der Waals surface area contributed by atoms with Crippen molar-refractivity contribution in [1.29, 1.82) is 0 Å². The minimum Gasteiger partial charge on any atom is -0.355 e. The molecule has 0 atom stereocenters. The summed E-state index contributed by atoms with van der Waals surface area (Å²) in [6.45, 7) is 1.81. The van der Waals surface area contributed by atoms with Crippen molar-refractivity contribution in [2.45, 2.75) is 32.0 Å². The second-order valence-corrected chi connectivity index (χ2v) is 5.52. The summed E-state index contributed by atoms with van der Waals surface area (Å²) in [5.74, 6) is 1.02. The van der Waals surface area contributed by atoms with Crippen molar-refractivity contribution in [1.82, 2.24) is 10.3 Å². The minimum atomic E-state index is 0.746. The summed E-state index contributed by atoms with van der Waals surface area (Å²) in [6.07, 6.45) is 4.63. The van der Waals surface area contributed by atoms with Crippen molar-refractivity contribution in [2.24, 2.45) is 0 Å². The molecule has 1 aromatic carbocycles. The molecule has 1 aliphatic carbocycles. The normalized spacial score (nSPS) is 14.2. The van der Waals surface area contributed by atoms with E-state index in [4.69, 9.17) is 0 Å². The molecule has 20 heavy (non-hydrogen) atoms. The highest BCUT2D eigenvalue weighted by Crippen LogP contribution is 2.19. The number of pyridine rings is 1. The summed E-state index contributed by atoms with van der Waals surface area (Å²) in [7, 11) is 2.08. The van der Waals surface area contributed by atoms with Crippen LogP contribution >= 0.6 is 0 Å². The van der Waals surface area contributed by atoms with Crippen LogP contribution in [0, 0.1) is 0 Å². The fourth-order valence-electron chi connectivity index (χ4n) is 2.23. The third-order valence-corrected chi connectivity index (χ3v) is 3.64. The molecule has 0 radical (unpaired) electrons. The molecule has 0 spiro atoms. The van der Waals surface area contributed by atoms with Gasteiger partial charge in [-0.25, -0.2) is 4.98 Å². The molecule has 0 aliphatic heterocycles. The molecular formula is C17H21N3. The maximum atomic E-state index is 4.56. The van der Waals surface area contributed by atoms with Gasteiger partial charge < -0.3 is 10.2 Å². The molecule has 0 amide bonds. The van der Waals surface area contributed by atoms with Gasteiger partial charge >= 0.3 is 0 Å². The number of nitrogens with one attached hydrogen (secondary N) is 1. The fourth-order valence-corrected chi connectivity index (χ4v) is 2.23. The van der Waals surface area contributed by atoms with Crippen LogP contribution in [0.3, 0.4) is 0 Å². The lowest BCUT2D eigenvalue weighted by molar-refractivity contribution is 0.685. The van der Waals surface area contributed by atoms with Gasteiger partial charge in [0.15, 0.2) is 0 Å². The number of rotatable bonds is 6. The first-order valence-corrected chi connectivity index (χ1v) is 7.24. The van der Waals surface area contributed by atoms with E-state index in [2.05, 4.69) is 58.6 Å². The van der Waals surface area contributed by atoms with Crippen molar-refractivity contribution in [3.63, 3.8) is 0 Å². The van der Waals surface area contributed by atoms with E-state index in [-0.39, 0.29) is 0 Å². The number of hydrogen-bond donors (Lipinski definition) is 1. The summed E-state index contributed by atoms with van der Waals surface area (Å²) in [6, 6.07) is 15.5. The van der Waals surface area contributed by atoms with Gasteiger partial charge in [-0.15, -0.1) is 0 Å². The van der Waals surface area contributed by atoms with Crippen LogP contribution in [0.5, 0.6) is 0 Å². The quantitative estimate of drug-likeness (QED) is 0.872. The highest BCUT2D eigenvalue weighted by molar-refractivity contribution is 5.39. The van der Waals surface area contributed by atoms with Gasteiger partial charge in [-0.05, 0) is 30.0 Å². The standard InChI is InChI=1S/C17H21N3/c1-20(13-14-5-3-2-4-6-14)17-10-7-15(12-19-17)11-18-16-8-9-16/h2-7,10,12,16,18H,8-9,11,13H2,1H3. The predicted octanol–water partition coefficient (Wildman–Crippen LogP) is 2.97. The Morgan fingerprint density at radius 2 is 1.90 bits per heavy atom. The largest absolute Gasteiger partial charge is 0.355 e. The Morgan fingerprint density at radius 3 is 2.55 bits per heavy atom. The number of anilines is 1. The van der Waals surface area contributed by atoms with Crippen LogP contribution in [0.15, 0.2) is 48.7 Å². The predicted molar refractivity (Wildman–Crippen MR) is 82.6 cm³/mol. The van der Waals surface area contributed by atoms with Crippen molar-refractivity contribution < 1.29 is 0 Å². The smallest absolute Gasteiger partial charge is 0.128 e. The molecule has 3 heteroatoms. The number of hydrogen-bond acceptors (Lipinski definition) is 3. The van der Waals surface area contributed by atoms with Crippen LogP contribution in [0.25, 0.3) is 0 Å². The maximum absolute atomic E-state index is 4.56. The van der Waals surface area contributed by atoms with Crippen LogP contribution < -0.4 is 10.2 Å². The Morgan fingerprint density at radius 1 is 1.10 bits per heavy atom. The molecule has 1 saturated carbocycles. The van der Waals surface area contributed by atoms with Crippen LogP contribution in [0.4, 0.5) is 5.82 Å². The zero-order valence-corrected chi connectivity index (χ0v) is 11.9. The van der Waals surface area contributed by atoms with Crippen molar-refractivity contribution in [2.75, 3.05) is 11.9 Å². The van der Waals surface area contributed by atoms with Gasteiger partial charge in [0.1, 0.15) is 5.82 Å². The van der Waals surface area contributed by atoms with E-state index in [1.54, 1.807) is 0 Å². The van der Waals surface area contributed by atoms with Gasteiger partial charge in [0, 0.05) is 32.4 Å². The molecule has 3 nitrogen and oxygen atoms in total. The lowest BCUT2D eigenvalue weighted by Crippen LogP contribution is -2.18. The molecule has 2 aromatic rings. The maximum Gasteiger partial charge on any atom is 0.128 e. The Kier molecular flexibility index (Phi) is 3.97. The molecule has 0 saturated heterocycles. The molecule has 1 fully saturated rings. The highest BCUT2D eigenvalue weighted by atomic mass is 15.2. The topological polar surface area (TPSA) is 28.2 Å². The average Bonchev–Trinajstić information content (AvgIpc) is 3.31. The summed E-state index contributed by atoms with van der Waals surface area (Å²) in [4.78, 5) is 6.73. The molecule has 0 unspecified atom stereocenters. The molecule has 1 aliphatic rings. The first-order valence-electron chi connectivity index (χ1n) is 7.24.